The molecule has 1 atom stereocenters. The van der Waals surface area contributed by atoms with Crippen molar-refractivity contribution < 1.29 is 4.79 Å². The number of amides is 1. The van der Waals surface area contributed by atoms with Gasteiger partial charge in [-0.2, -0.15) is 0 Å². The zero-order chi connectivity index (χ0) is 14.8. The standard InChI is InChI=1S/C16H22ClN3O/c1-12-4-5-13(17)9-15(12)18-16(21)11-19-7-8-20-6-2-3-14(20)10-19/h4-5,9,14H,2-3,6-8,10-11H2,1H3,(H,18,21). The molecule has 0 spiro atoms. The average Bonchev–Trinajstić information content (AvgIpc) is 2.90. The Morgan fingerprint density at radius 3 is 3.10 bits per heavy atom. The molecular weight excluding hydrogens is 286 g/mol. The molecule has 114 valence electrons. The van der Waals surface area contributed by atoms with Crippen LogP contribution in [0.4, 0.5) is 5.69 Å². The highest BCUT2D eigenvalue weighted by Crippen LogP contribution is 2.22. The van der Waals surface area contributed by atoms with Gasteiger partial charge in [-0.3, -0.25) is 14.6 Å². The lowest BCUT2D eigenvalue weighted by Crippen LogP contribution is -2.51. The first-order chi connectivity index (χ1) is 10.1. The summed E-state index contributed by atoms with van der Waals surface area (Å²) in [5.74, 6) is 0.0480. The molecule has 2 aliphatic rings. The van der Waals surface area contributed by atoms with E-state index < -0.39 is 0 Å². The van der Waals surface area contributed by atoms with E-state index in [0.29, 0.717) is 17.6 Å². The number of hydrogen-bond acceptors (Lipinski definition) is 3. The van der Waals surface area contributed by atoms with E-state index in [1.165, 1.54) is 19.4 Å². The lowest BCUT2D eigenvalue weighted by molar-refractivity contribution is -0.117. The second kappa shape index (κ2) is 6.34. The minimum Gasteiger partial charge on any atom is -0.325 e. The topological polar surface area (TPSA) is 35.6 Å². The summed E-state index contributed by atoms with van der Waals surface area (Å²) in [4.78, 5) is 17.0. The Balaban J connectivity index is 1.55. The van der Waals surface area contributed by atoms with Gasteiger partial charge in [0.25, 0.3) is 0 Å². The van der Waals surface area contributed by atoms with Crippen molar-refractivity contribution in [3.05, 3.63) is 28.8 Å². The van der Waals surface area contributed by atoms with Crippen LogP contribution in [0.1, 0.15) is 18.4 Å². The number of carbonyl (C=O) groups excluding carboxylic acids is 1. The van der Waals surface area contributed by atoms with Gasteiger partial charge in [-0.1, -0.05) is 17.7 Å². The number of hydrogen-bond donors (Lipinski definition) is 1. The largest absolute Gasteiger partial charge is 0.325 e. The summed E-state index contributed by atoms with van der Waals surface area (Å²) in [5.41, 5.74) is 1.85. The fourth-order valence-electron chi connectivity index (χ4n) is 3.32. The Hall–Kier alpha value is -1.10. The highest BCUT2D eigenvalue weighted by molar-refractivity contribution is 6.31. The van der Waals surface area contributed by atoms with Crippen LogP contribution in [-0.4, -0.2) is 54.5 Å². The number of carbonyl (C=O) groups is 1. The van der Waals surface area contributed by atoms with Gasteiger partial charge in [0.1, 0.15) is 0 Å². The minimum absolute atomic E-state index is 0.0480. The van der Waals surface area contributed by atoms with Gasteiger partial charge in [0.15, 0.2) is 0 Å². The van der Waals surface area contributed by atoms with Crippen LogP contribution in [0, 0.1) is 6.92 Å². The molecule has 2 heterocycles. The van der Waals surface area contributed by atoms with Crippen LogP contribution in [0.3, 0.4) is 0 Å². The van der Waals surface area contributed by atoms with Gasteiger partial charge in [0, 0.05) is 36.4 Å². The fraction of sp³-hybridized carbons (Fsp3) is 0.562. The quantitative estimate of drug-likeness (QED) is 0.931. The van der Waals surface area contributed by atoms with Gasteiger partial charge in [-0.05, 0) is 44.0 Å². The van der Waals surface area contributed by atoms with Crippen molar-refractivity contribution in [1.29, 1.82) is 0 Å². The Labute approximate surface area is 131 Å². The van der Waals surface area contributed by atoms with E-state index in [1.807, 2.05) is 25.1 Å². The number of nitrogens with one attached hydrogen (secondary N) is 1. The van der Waals surface area contributed by atoms with Crippen molar-refractivity contribution in [2.45, 2.75) is 25.8 Å². The summed E-state index contributed by atoms with van der Waals surface area (Å²) in [6.07, 6.45) is 2.57. The van der Waals surface area contributed by atoms with E-state index in [-0.39, 0.29) is 5.91 Å². The molecule has 0 radical (unpaired) electrons. The van der Waals surface area contributed by atoms with Crippen molar-refractivity contribution >= 4 is 23.2 Å². The second-order valence-corrected chi connectivity index (χ2v) is 6.51. The number of piperazine rings is 1. The first-order valence-corrected chi connectivity index (χ1v) is 8.02. The van der Waals surface area contributed by atoms with Crippen LogP contribution in [0.25, 0.3) is 0 Å². The molecule has 21 heavy (non-hydrogen) atoms. The number of anilines is 1. The highest BCUT2D eigenvalue weighted by atomic mass is 35.5. The normalized spacial score (nSPS) is 23.0. The molecule has 5 heteroatoms. The van der Waals surface area contributed by atoms with Gasteiger partial charge in [0.2, 0.25) is 5.91 Å². The number of nitrogens with zero attached hydrogens (tertiary/aromatic N) is 2. The lowest BCUT2D eigenvalue weighted by atomic mass is 10.1. The molecule has 1 aromatic carbocycles. The summed E-state index contributed by atoms with van der Waals surface area (Å²) in [5, 5.41) is 3.63. The maximum Gasteiger partial charge on any atom is 0.238 e. The number of benzene rings is 1. The zero-order valence-corrected chi connectivity index (χ0v) is 13.2. The third-order valence-electron chi connectivity index (χ3n) is 4.51. The molecule has 1 unspecified atom stereocenters. The Bertz CT molecular complexity index is 534. The van der Waals surface area contributed by atoms with E-state index in [1.54, 1.807) is 0 Å². The summed E-state index contributed by atoms with van der Waals surface area (Å²) >= 11 is 5.99. The van der Waals surface area contributed by atoms with Crippen LogP contribution in [-0.2, 0) is 4.79 Å². The van der Waals surface area contributed by atoms with Gasteiger partial charge >= 0.3 is 0 Å². The lowest BCUT2D eigenvalue weighted by Gasteiger charge is -2.37. The van der Waals surface area contributed by atoms with Gasteiger partial charge in [0.05, 0.1) is 6.54 Å². The molecule has 1 aromatic rings. The molecule has 0 aromatic heterocycles. The van der Waals surface area contributed by atoms with Crippen LogP contribution in [0.2, 0.25) is 5.02 Å². The second-order valence-electron chi connectivity index (χ2n) is 6.07. The Morgan fingerprint density at radius 2 is 2.24 bits per heavy atom. The summed E-state index contributed by atoms with van der Waals surface area (Å²) in [6, 6.07) is 6.23. The van der Waals surface area contributed by atoms with Crippen LogP contribution >= 0.6 is 11.6 Å². The van der Waals surface area contributed by atoms with Crippen molar-refractivity contribution in [1.82, 2.24) is 9.80 Å². The van der Waals surface area contributed by atoms with E-state index in [2.05, 4.69) is 15.1 Å². The SMILES string of the molecule is Cc1ccc(Cl)cc1NC(=O)CN1CCN2CCCC2C1. The molecule has 2 fully saturated rings. The molecule has 3 rings (SSSR count). The summed E-state index contributed by atoms with van der Waals surface area (Å²) in [6.45, 7) is 6.76. The van der Waals surface area contributed by atoms with Crippen molar-refractivity contribution in [3.8, 4) is 0 Å². The van der Waals surface area contributed by atoms with Crippen LogP contribution in [0.5, 0.6) is 0 Å². The first-order valence-electron chi connectivity index (χ1n) is 7.64. The third-order valence-corrected chi connectivity index (χ3v) is 4.75. The molecule has 0 bridgehead atoms. The molecule has 1 N–H and O–H groups in total. The average molecular weight is 308 g/mol. The molecule has 2 saturated heterocycles. The molecule has 4 nitrogen and oxygen atoms in total. The van der Waals surface area contributed by atoms with Crippen molar-refractivity contribution in [2.75, 3.05) is 38.0 Å². The molecule has 2 aliphatic heterocycles. The first kappa shape index (κ1) is 14.8. The predicted molar refractivity (Wildman–Crippen MR) is 85.9 cm³/mol. The maximum absolute atomic E-state index is 12.2. The van der Waals surface area contributed by atoms with Crippen molar-refractivity contribution in [3.63, 3.8) is 0 Å². The number of rotatable bonds is 3. The van der Waals surface area contributed by atoms with Crippen LogP contribution < -0.4 is 5.32 Å². The van der Waals surface area contributed by atoms with E-state index in [9.17, 15) is 4.79 Å². The van der Waals surface area contributed by atoms with Gasteiger partial charge in [-0.15, -0.1) is 0 Å². The monoisotopic (exact) mass is 307 g/mol. The third kappa shape index (κ3) is 3.57. The number of fused-ring (bicyclic) bond motifs is 1. The molecule has 0 aliphatic carbocycles. The molecule has 1 amide bonds. The summed E-state index contributed by atoms with van der Waals surface area (Å²) < 4.78 is 0. The summed E-state index contributed by atoms with van der Waals surface area (Å²) in [7, 11) is 0. The van der Waals surface area contributed by atoms with Gasteiger partial charge < -0.3 is 5.32 Å². The smallest absolute Gasteiger partial charge is 0.238 e. The number of halogens is 1. The number of aryl methyl sites for hydroxylation is 1. The van der Waals surface area contributed by atoms with Crippen molar-refractivity contribution in [2.24, 2.45) is 0 Å². The minimum atomic E-state index is 0.0480. The van der Waals surface area contributed by atoms with E-state index in [4.69, 9.17) is 11.6 Å². The Morgan fingerprint density at radius 1 is 1.38 bits per heavy atom. The van der Waals surface area contributed by atoms with Crippen LogP contribution in [0.15, 0.2) is 18.2 Å². The molecule has 0 saturated carbocycles. The highest BCUT2D eigenvalue weighted by Gasteiger charge is 2.31. The van der Waals surface area contributed by atoms with E-state index >= 15 is 0 Å². The van der Waals surface area contributed by atoms with E-state index in [0.717, 1.165) is 30.9 Å². The van der Waals surface area contributed by atoms with Gasteiger partial charge in [-0.25, -0.2) is 0 Å². The molecular formula is C16H22ClN3O. The zero-order valence-electron chi connectivity index (χ0n) is 12.4. The predicted octanol–water partition coefficient (Wildman–Crippen LogP) is 2.37. The Kier molecular flexibility index (Phi) is 4.48. The fourth-order valence-corrected chi connectivity index (χ4v) is 3.49. The maximum atomic E-state index is 12.2.